The van der Waals surface area contributed by atoms with Crippen LogP contribution in [-0.2, 0) is 14.8 Å². The van der Waals surface area contributed by atoms with Crippen LogP contribution in [0.25, 0.3) is 0 Å². The van der Waals surface area contributed by atoms with Gasteiger partial charge in [-0.25, -0.2) is 8.42 Å². The Balaban J connectivity index is 1.59. The van der Waals surface area contributed by atoms with Gasteiger partial charge in [-0.3, -0.25) is 9.52 Å². The quantitative estimate of drug-likeness (QED) is 0.495. The number of nitrogens with one attached hydrogen (secondary N) is 2. The number of hydrogen-bond acceptors (Lipinski definition) is 4. The van der Waals surface area contributed by atoms with Gasteiger partial charge in [0.05, 0.1) is 4.90 Å². The molecule has 2 N–H and O–H groups in total. The fourth-order valence-corrected chi connectivity index (χ4v) is 4.09. The van der Waals surface area contributed by atoms with E-state index in [2.05, 4.69) is 26.0 Å². The Hall–Kier alpha value is -2.84. The monoisotopic (exact) mass is 488 g/mol. The highest BCUT2D eigenvalue weighted by atomic mass is 79.9. The average molecular weight is 489 g/mol. The third kappa shape index (κ3) is 5.84. The Morgan fingerprint density at radius 1 is 0.933 bits per heavy atom. The summed E-state index contributed by atoms with van der Waals surface area (Å²) in [4.78, 5) is 12.1. The lowest BCUT2D eigenvalue weighted by Crippen LogP contribution is -2.20. The maximum atomic E-state index is 12.6. The van der Waals surface area contributed by atoms with Crippen LogP contribution < -0.4 is 14.8 Å². The van der Waals surface area contributed by atoms with Gasteiger partial charge in [0.15, 0.2) is 6.61 Å². The van der Waals surface area contributed by atoms with Crippen LogP contribution in [0.4, 0.5) is 11.4 Å². The second kappa shape index (κ2) is 9.32. The summed E-state index contributed by atoms with van der Waals surface area (Å²) in [6.07, 6.45) is 0. The van der Waals surface area contributed by atoms with Gasteiger partial charge in [-0.1, -0.05) is 28.1 Å². The van der Waals surface area contributed by atoms with E-state index in [-0.39, 0.29) is 17.4 Å². The number of anilines is 2. The summed E-state index contributed by atoms with van der Waals surface area (Å²) in [5, 5.41) is 2.72. The van der Waals surface area contributed by atoms with E-state index in [0.717, 1.165) is 15.6 Å². The second-order valence-corrected chi connectivity index (χ2v) is 9.32. The Morgan fingerprint density at radius 3 is 2.33 bits per heavy atom. The molecule has 0 aliphatic heterocycles. The van der Waals surface area contributed by atoms with Gasteiger partial charge in [-0.15, -0.1) is 0 Å². The standard InChI is InChI=1S/C22H21BrN2O4S/c1-15-6-7-19(12-16(15)2)25-30(27,28)21-10-8-20(9-11-21)29-14-22(26)24-18-5-3-4-17(23)13-18/h3-13,25H,14H2,1-2H3,(H,24,26). The van der Waals surface area contributed by atoms with Gasteiger partial charge in [0.25, 0.3) is 15.9 Å². The van der Waals surface area contributed by atoms with E-state index < -0.39 is 10.0 Å². The molecule has 0 aliphatic rings. The third-order valence-electron chi connectivity index (χ3n) is 4.37. The fraction of sp³-hybridized carbons (Fsp3) is 0.136. The van der Waals surface area contributed by atoms with Gasteiger partial charge in [-0.05, 0) is 79.6 Å². The number of aryl methyl sites for hydroxylation is 2. The van der Waals surface area contributed by atoms with E-state index in [1.54, 1.807) is 24.3 Å². The fourth-order valence-electron chi connectivity index (χ4n) is 2.65. The predicted octanol–water partition coefficient (Wildman–Crippen LogP) is 4.88. The van der Waals surface area contributed by atoms with Crippen molar-refractivity contribution < 1.29 is 17.9 Å². The van der Waals surface area contributed by atoms with Crippen molar-refractivity contribution in [3.8, 4) is 5.75 Å². The minimum absolute atomic E-state index is 0.103. The van der Waals surface area contributed by atoms with Crippen molar-refractivity contribution in [2.45, 2.75) is 18.7 Å². The highest BCUT2D eigenvalue weighted by Gasteiger charge is 2.15. The van der Waals surface area contributed by atoms with E-state index in [0.29, 0.717) is 17.1 Å². The van der Waals surface area contributed by atoms with Gasteiger partial charge < -0.3 is 10.1 Å². The highest BCUT2D eigenvalue weighted by Crippen LogP contribution is 2.21. The van der Waals surface area contributed by atoms with Crippen molar-refractivity contribution in [3.05, 3.63) is 82.3 Å². The minimum Gasteiger partial charge on any atom is -0.484 e. The number of hydrogen-bond donors (Lipinski definition) is 2. The van der Waals surface area contributed by atoms with Crippen molar-refractivity contribution in [3.63, 3.8) is 0 Å². The maximum absolute atomic E-state index is 12.6. The van der Waals surface area contributed by atoms with Gasteiger partial charge in [-0.2, -0.15) is 0 Å². The molecule has 0 unspecified atom stereocenters. The van der Waals surface area contributed by atoms with Crippen LogP contribution in [0.5, 0.6) is 5.75 Å². The van der Waals surface area contributed by atoms with Crippen molar-refractivity contribution in [1.29, 1.82) is 0 Å². The lowest BCUT2D eigenvalue weighted by Gasteiger charge is -2.11. The summed E-state index contributed by atoms with van der Waals surface area (Å²) >= 11 is 3.34. The first-order valence-electron chi connectivity index (χ1n) is 9.11. The molecule has 6 nitrogen and oxygen atoms in total. The molecule has 0 aliphatic carbocycles. The molecule has 8 heteroatoms. The van der Waals surface area contributed by atoms with Crippen molar-refractivity contribution >= 4 is 43.2 Å². The van der Waals surface area contributed by atoms with Crippen LogP contribution in [0.15, 0.2) is 76.1 Å². The molecule has 0 saturated heterocycles. The van der Waals surface area contributed by atoms with E-state index in [1.165, 1.54) is 24.3 Å². The van der Waals surface area contributed by atoms with E-state index >= 15 is 0 Å². The van der Waals surface area contributed by atoms with Gasteiger partial charge in [0, 0.05) is 15.8 Å². The highest BCUT2D eigenvalue weighted by molar-refractivity contribution is 9.10. The summed E-state index contributed by atoms with van der Waals surface area (Å²) in [7, 11) is -3.73. The van der Waals surface area contributed by atoms with E-state index in [1.807, 2.05) is 32.0 Å². The number of sulfonamides is 1. The van der Waals surface area contributed by atoms with Crippen LogP contribution in [0.2, 0.25) is 0 Å². The van der Waals surface area contributed by atoms with Crippen molar-refractivity contribution in [1.82, 2.24) is 0 Å². The zero-order chi connectivity index (χ0) is 21.7. The molecule has 0 radical (unpaired) electrons. The number of rotatable bonds is 7. The molecule has 0 saturated carbocycles. The Labute approximate surface area is 184 Å². The Morgan fingerprint density at radius 2 is 1.67 bits per heavy atom. The topological polar surface area (TPSA) is 84.5 Å². The van der Waals surface area contributed by atoms with Crippen molar-refractivity contribution in [2.75, 3.05) is 16.6 Å². The maximum Gasteiger partial charge on any atom is 0.262 e. The molecule has 0 fully saturated rings. The summed E-state index contributed by atoms with van der Waals surface area (Å²) in [5.74, 6) is 0.0747. The van der Waals surface area contributed by atoms with Crippen LogP contribution >= 0.6 is 15.9 Å². The molecule has 3 rings (SSSR count). The van der Waals surface area contributed by atoms with Crippen LogP contribution in [-0.4, -0.2) is 20.9 Å². The number of benzene rings is 3. The predicted molar refractivity (Wildman–Crippen MR) is 121 cm³/mol. The molecule has 1 amide bonds. The molecule has 30 heavy (non-hydrogen) atoms. The van der Waals surface area contributed by atoms with Crippen LogP contribution in [0.3, 0.4) is 0 Å². The molecular weight excluding hydrogens is 468 g/mol. The minimum atomic E-state index is -3.73. The molecular formula is C22H21BrN2O4S. The number of ether oxygens (including phenoxy) is 1. The lowest BCUT2D eigenvalue weighted by atomic mass is 10.1. The summed E-state index contributed by atoms with van der Waals surface area (Å²) in [6.45, 7) is 3.69. The average Bonchev–Trinajstić information content (AvgIpc) is 2.69. The number of carbonyl (C=O) groups excluding carboxylic acids is 1. The number of amides is 1. The Kier molecular flexibility index (Phi) is 6.79. The molecule has 3 aromatic carbocycles. The van der Waals surface area contributed by atoms with Gasteiger partial charge >= 0.3 is 0 Å². The molecule has 0 spiro atoms. The normalized spacial score (nSPS) is 11.0. The molecule has 156 valence electrons. The van der Waals surface area contributed by atoms with E-state index in [9.17, 15) is 13.2 Å². The third-order valence-corrected chi connectivity index (χ3v) is 6.26. The second-order valence-electron chi connectivity index (χ2n) is 6.72. The SMILES string of the molecule is Cc1ccc(NS(=O)(=O)c2ccc(OCC(=O)Nc3cccc(Br)c3)cc2)cc1C. The van der Waals surface area contributed by atoms with Gasteiger partial charge in [0.2, 0.25) is 0 Å². The first-order chi connectivity index (χ1) is 14.2. The summed E-state index contributed by atoms with van der Waals surface area (Å²) in [5.41, 5.74) is 3.24. The van der Waals surface area contributed by atoms with Crippen molar-refractivity contribution in [2.24, 2.45) is 0 Å². The van der Waals surface area contributed by atoms with Crippen LogP contribution in [0.1, 0.15) is 11.1 Å². The summed E-state index contributed by atoms with van der Waals surface area (Å²) in [6, 6.07) is 18.5. The van der Waals surface area contributed by atoms with Crippen LogP contribution in [0, 0.1) is 13.8 Å². The largest absolute Gasteiger partial charge is 0.484 e. The molecule has 0 aromatic heterocycles. The first-order valence-corrected chi connectivity index (χ1v) is 11.4. The molecule has 0 heterocycles. The zero-order valence-electron chi connectivity index (χ0n) is 16.5. The number of carbonyl (C=O) groups is 1. The smallest absolute Gasteiger partial charge is 0.262 e. The lowest BCUT2D eigenvalue weighted by molar-refractivity contribution is -0.118. The Bertz CT molecular complexity index is 1160. The molecule has 3 aromatic rings. The van der Waals surface area contributed by atoms with Gasteiger partial charge in [0.1, 0.15) is 5.75 Å². The van der Waals surface area contributed by atoms with E-state index in [4.69, 9.17) is 4.74 Å². The molecule has 0 atom stereocenters. The molecule has 0 bridgehead atoms. The number of halogens is 1. The summed E-state index contributed by atoms with van der Waals surface area (Å²) < 4.78 is 34.0. The zero-order valence-corrected chi connectivity index (χ0v) is 18.9. The first kappa shape index (κ1) is 21.9.